The van der Waals surface area contributed by atoms with Gasteiger partial charge in [-0.1, -0.05) is 200 Å². The summed E-state index contributed by atoms with van der Waals surface area (Å²) in [7, 11) is 0. The molecule has 1 heterocycles. The van der Waals surface area contributed by atoms with Crippen molar-refractivity contribution < 1.29 is 4.74 Å². The predicted octanol–water partition coefficient (Wildman–Crippen LogP) is 18.0. The van der Waals surface area contributed by atoms with Crippen LogP contribution in [0.5, 0.6) is 11.5 Å². The smallest absolute Gasteiger partial charge is 0.134 e. The van der Waals surface area contributed by atoms with Crippen molar-refractivity contribution in [2.75, 3.05) is 9.80 Å². The number of rotatable bonds is 8. The average Bonchev–Trinajstić information content (AvgIpc) is 3.98. The average molecular weight is 907 g/mol. The molecule has 0 atom stereocenters. The largest absolute Gasteiger partial charge is 0.457 e. The number of ether oxygens (including phenoxy) is 1. The molecule has 0 unspecified atom stereocenters. The van der Waals surface area contributed by atoms with Crippen LogP contribution in [0.1, 0.15) is 33.4 Å². The molecule has 11 aromatic rings. The molecule has 11 aromatic carbocycles. The predicted molar refractivity (Wildman–Crippen MR) is 292 cm³/mol. The Labute approximate surface area is 414 Å². The number of nitrogens with zero attached hydrogens (tertiary/aromatic N) is 2. The second-order valence-corrected chi connectivity index (χ2v) is 18.7. The molecule has 3 nitrogen and oxygen atoms in total. The Bertz CT molecular complexity index is 3680. The van der Waals surface area contributed by atoms with Crippen molar-refractivity contribution >= 4 is 34.1 Å². The van der Waals surface area contributed by atoms with Crippen molar-refractivity contribution in [1.82, 2.24) is 0 Å². The minimum atomic E-state index is -0.542. The summed E-state index contributed by atoms with van der Waals surface area (Å²) in [5.74, 6) is 1.73. The van der Waals surface area contributed by atoms with Gasteiger partial charge < -0.3 is 14.5 Å². The Kier molecular flexibility index (Phi) is 9.50. The van der Waals surface area contributed by atoms with Crippen molar-refractivity contribution in [3.63, 3.8) is 0 Å². The summed E-state index contributed by atoms with van der Waals surface area (Å²) in [5, 5.41) is 0. The molecule has 0 fully saturated rings. The fourth-order valence-corrected chi connectivity index (χ4v) is 11.9. The molecule has 14 rings (SSSR count). The van der Waals surface area contributed by atoms with Gasteiger partial charge >= 0.3 is 0 Å². The SMILES string of the molecule is c1ccc(-c2ccc(N(c3ccc(-c4ccccc4)cc3)c3ccc(N(c4ccccc4)c4ccc5c(c4)Oc4ccccc4C54c5ccccc5-c5ccccc54)c4c3-c3ccccc3C4)cc2)cc1. The summed E-state index contributed by atoms with van der Waals surface area (Å²) in [6.45, 7) is 0. The van der Waals surface area contributed by atoms with Crippen LogP contribution < -0.4 is 14.5 Å². The molecule has 0 N–H and O–H groups in total. The highest BCUT2D eigenvalue weighted by atomic mass is 16.5. The zero-order valence-corrected chi connectivity index (χ0v) is 38.9. The molecule has 1 aliphatic heterocycles. The van der Waals surface area contributed by atoms with Gasteiger partial charge in [0.1, 0.15) is 11.5 Å². The third-order valence-corrected chi connectivity index (χ3v) is 15.0. The standard InChI is InChI=1S/C68H46N2O/c1-4-18-46(19-5-1)48-32-36-52(37-33-48)69(53-38-34-49(35-39-53)47-20-6-2-7-21-47)64-43-42-63(58-44-50-22-10-11-25-55(50)67(58)64)70(51-23-8-3-9-24-51)54-40-41-62-66(45-54)71-65-31-17-16-30-61(65)68(62)59-28-14-12-26-56(59)57-27-13-15-29-60(57)68/h1-43,45H,44H2. The van der Waals surface area contributed by atoms with E-state index in [0.717, 1.165) is 63.2 Å². The minimum absolute atomic E-state index is 0.542. The maximum Gasteiger partial charge on any atom is 0.134 e. The maximum atomic E-state index is 7.09. The van der Waals surface area contributed by atoms with Crippen LogP contribution in [0.3, 0.4) is 0 Å². The molecule has 0 saturated heterocycles. The van der Waals surface area contributed by atoms with Crippen molar-refractivity contribution in [1.29, 1.82) is 0 Å². The van der Waals surface area contributed by atoms with Crippen LogP contribution in [-0.2, 0) is 11.8 Å². The van der Waals surface area contributed by atoms with Gasteiger partial charge in [-0.05, 0) is 122 Å². The summed E-state index contributed by atoms with van der Waals surface area (Å²) in [6, 6.07) is 97.2. The van der Waals surface area contributed by atoms with E-state index in [0.29, 0.717) is 0 Å². The first-order valence-electron chi connectivity index (χ1n) is 24.5. The Morgan fingerprint density at radius 3 is 1.37 bits per heavy atom. The lowest BCUT2D eigenvalue weighted by molar-refractivity contribution is 0.436. The zero-order chi connectivity index (χ0) is 46.9. The van der Waals surface area contributed by atoms with Gasteiger partial charge in [0.05, 0.1) is 16.8 Å². The van der Waals surface area contributed by atoms with E-state index in [1.165, 1.54) is 66.8 Å². The van der Waals surface area contributed by atoms with E-state index >= 15 is 0 Å². The summed E-state index contributed by atoms with van der Waals surface area (Å²) in [6.07, 6.45) is 0.789. The summed E-state index contributed by atoms with van der Waals surface area (Å²) in [4.78, 5) is 4.89. The van der Waals surface area contributed by atoms with Gasteiger partial charge in [0.25, 0.3) is 0 Å². The maximum absolute atomic E-state index is 7.09. The molecule has 3 heteroatoms. The topological polar surface area (TPSA) is 15.7 Å². The summed E-state index contributed by atoms with van der Waals surface area (Å²) >= 11 is 0. The molecule has 2 aliphatic carbocycles. The molecule has 1 spiro atoms. The lowest BCUT2D eigenvalue weighted by Gasteiger charge is -2.40. The normalized spacial score (nSPS) is 13.0. The number of fused-ring (bicyclic) bond motifs is 12. The molecule has 0 amide bonds. The number of para-hydroxylation sites is 2. The van der Waals surface area contributed by atoms with Gasteiger partial charge in [0, 0.05) is 51.9 Å². The Morgan fingerprint density at radius 2 is 0.746 bits per heavy atom. The van der Waals surface area contributed by atoms with Gasteiger partial charge in [0.15, 0.2) is 0 Å². The van der Waals surface area contributed by atoms with Gasteiger partial charge in [-0.25, -0.2) is 0 Å². The lowest BCUT2D eigenvalue weighted by Crippen LogP contribution is -2.32. The minimum Gasteiger partial charge on any atom is -0.457 e. The quantitative estimate of drug-likeness (QED) is 0.151. The van der Waals surface area contributed by atoms with E-state index in [9.17, 15) is 0 Å². The molecule has 0 saturated carbocycles. The van der Waals surface area contributed by atoms with Gasteiger partial charge in [-0.2, -0.15) is 0 Å². The van der Waals surface area contributed by atoms with Crippen LogP contribution in [0.25, 0.3) is 44.5 Å². The molecular weight excluding hydrogens is 861 g/mol. The van der Waals surface area contributed by atoms with Gasteiger partial charge in [-0.15, -0.1) is 0 Å². The molecule has 0 radical (unpaired) electrons. The van der Waals surface area contributed by atoms with Crippen molar-refractivity contribution in [3.05, 3.63) is 300 Å². The van der Waals surface area contributed by atoms with E-state index < -0.39 is 5.41 Å². The van der Waals surface area contributed by atoms with E-state index in [1.54, 1.807) is 0 Å². The third kappa shape index (κ3) is 6.44. The van der Waals surface area contributed by atoms with Crippen LogP contribution >= 0.6 is 0 Å². The molecular formula is C68H46N2O. The van der Waals surface area contributed by atoms with E-state index in [2.05, 4.69) is 277 Å². The molecule has 0 aromatic heterocycles. The first-order valence-corrected chi connectivity index (χ1v) is 24.5. The van der Waals surface area contributed by atoms with Crippen LogP contribution in [0.2, 0.25) is 0 Å². The molecule has 71 heavy (non-hydrogen) atoms. The van der Waals surface area contributed by atoms with Crippen molar-refractivity contribution in [2.24, 2.45) is 0 Å². The Balaban J connectivity index is 0.963. The van der Waals surface area contributed by atoms with Crippen LogP contribution in [0, 0.1) is 0 Å². The molecule has 3 aliphatic rings. The van der Waals surface area contributed by atoms with E-state index in [-0.39, 0.29) is 0 Å². The first-order chi connectivity index (χ1) is 35.2. The Hall–Kier alpha value is -9.18. The van der Waals surface area contributed by atoms with E-state index in [4.69, 9.17) is 4.74 Å². The van der Waals surface area contributed by atoms with Crippen LogP contribution in [0.15, 0.2) is 267 Å². The van der Waals surface area contributed by atoms with Crippen LogP contribution in [0.4, 0.5) is 34.1 Å². The lowest BCUT2D eigenvalue weighted by atomic mass is 9.66. The van der Waals surface area contributed by atoms with Crippen molar-refractivity contribution in [3.8, 4) is 56.0 Å². The molecule has 0 bridgehead atoms. The number of hydrogen-bond acceptors (Lipinski definition) is 3. The fraction of sp³-hybridized carbons (Fsp3) is 0.0294. The zero-order valence-electron chi connectivity index (χ0n) is 38.9. The van der Waals surface area contributed by atoms with Gasteiger partial charge in [0.2, 0.25) is 0 Å². The first kappa shape index (κ1) is 40.8. The highest BCUT2D eigenvalue weighted by molar-refractivity contribution is 5.99. The van der Waals surface area contributed by atoms with Crippen LogP contribution in [-0.4, -0.2) is 0 Å². The second kappa shape index (κ2) is 16.5. The number of hydrogen-bond donors (Lipinski definition) is 0. The number of anilines is 6. The fourth-order valence-electron chi connectivity index (χ4n) is 11.9. The third-order valence-electron chi connectivity index (χ3n) is 15.0. The summed E-state index contributed by atoms with van der Waals surface area (Å²) < 4.78 is 7.09. The second-order valence-electron chi connectivity index (χ2n) is 18.7. The van der Waals surface area contributed by atoms with Crippen molar-refractivity contribution in [2.45, 2.75) is 11.8 Å². The monoisotopic (exact) mass is 906 g/mol. The van der Waals surface area contributed by atoms with E-state index in [1.807, 2.05) is 0 Å². The van der Waals surface area contributed by atoms with Gasteiger partial charge in [-0.3, -0.25) is 0 Å². The Morgan fingerprint density at radius 1 is 0.310 bits per heavy atom. The highest BCUT2D eigenvalue weighted by Crippen LogP contribution is 2.63. The molecule has 334 valence electrons. The number of benzene rings is 11. The summed E-state index contributed by atoms with van der Waals surface area (Å²) in [5.41, 5.74) is 23.3. The highest BCUT2D eigenvalue weighted by Gasteiger charge is 2.51.